The van der Waals surface area contributed by atoms with Gasteiger partial charge in [-0.2, -0.15) is 0 Å². The molecule has 1 atom stereocenters. The lowest BCUT2D eigenvalue weighted by atomic mass is 10.0. The number of hydrogen-bond acceptors (Lipinski definition) is 2. The number of hydrogen-bond donors (Lipinski definition) is 1. The van der Waals surface area contributed by atoms with Crippen LogP contribution >= 0.6 is 0 Å². The van der Waals surface area contributed by atoms with Gasteiger partial charge in [0.15, 0.2) is 0 Å². The lowest BCUT2D eigenvalue weighted by molar-refractivity contribution is 0.00665. The Balaban J connectivity index is 3.47. The van der Waals surface area contributed by atoms with Crippen molar-refractivity contribution < 1.29 is 9.84 Å². The van der Waals surface area contributed by atoms with Crippen LogP contribution in [0.1, 0.15) is 27.2 Å². The summed E-state index contributed by atoms with van der Waals surface area (Å²) >= 11 is 0. The smallest absolute Gasteiger partial charge is 0.0616 e. The van der Waals surface area contributed by atoms with Gasteiger partial charge in [-0.3, -0.25) is 0 Å². The van der Waals surface area contributed by atoms with Crippen LogP contribution in [0.5, 0.6) is 0 Å². The Labute approximate surface area is 56.8 Å². The van der Waals surface area contributed by atoms with Gasteiger partial charge < -0.3 is 9.84 Å². The van der Waals surface area contributed by atoms with E-state index in [2.05, 4.69) is 0 Å². The first-order chi connectivity index (χ1) is 3.95. The molecule has 1 unspecified atom stereocenters. The van der Waals surface area contributed by atoms with Crippen LogP contribution in [0.4, 0.5) is 0 Å². The highest BCUT2D eigenvalue weighted by Crippen LogP contribution is 2.11. The minimum atomic E-state index is -0.602. The fraction of sp³-hybridized carbons (Fsp3) is 1.00. The molecule has 0 aliphatic rings. The van der Waals surface area contributed by atoms with E-state index in [0.29, 0.717) is 6.42 Å². The summed E-state index contributed by atoms with van der Waals surface area (Å²) in [7, 11) is 1.65. The molecule has 0 fully saturated rings. The highest BCUT2D eigenvalue weighted by atomic mass is 16.5. The topological polar surface area (TPSA) is 29.5 Å². The monoisotopic (exact) mass is 132 g/mol. The Bertz CT molecular complexity index is 73.5. The Hall–Kier alpha value is -0.0800. The molecular weight excluding hydrogens is 116 g/mol. The second kappa shape index (κ2) is 3.18. The Morgan fingerprint density at radius 1 is 1.56 bits per heavy atom. The third kappa shape index (κ3) is 5.80. The van der Waals surface area contributed by atoms with Gasteiger partial charge in [-0.15, -0.1) is 0 Å². The molecule has 2 nitrogen and oxygen atoms in total. The molecule has 0 aliphatic heterocycles. The van der Waals surface area contributed by atoms with Gasteiger partial charge in [-0.25, -0.2) is 0 Å². The molecule has 56 valence electrons. The maximum absolute atomic E-state index is 9.24. The second-order valence-corrected chi connectivity index (χ2v) is 3.06. The normalized spacial score (nSPS) is 15.7. The maximum Gasteiger partial charge on any atom is 0.0616 e. The molecule has 0 radical (unpaired) electrons. The molecule has 0 saturated carbocycles. The number of methoxy groups -OCH3 is 1. The summed E-state index contributed by atoms with van der Waals surface area (Å²) in [5.41, 5.74) is -0.602. The average molecular weight is 132 g/mol. The third-order valence-electron chi connectivity index (χ3n) is 1.19. The molecule has 0 aliphatic carbocycles. The van der Waals surface area contributed by atoms with Crippen LogP contribution in [0.15, 0.2) is 0 Å². The molecular formula is C7H16O2. The lowest BCUT2D eigenvalue weighted by Crippen LogP contribution is -2.25. The summed E-state index contributed by atoms with van der Waals surface area (Å²) in [5.74, 6) is 0. The zero-order valence-corrected chi connectivity index (χ0v) is 6.64. The van der Waals surface area contributed by atoms with E-state index in [1.165, 1.54) is 0 Å². The fourth-order valence-electron chi connectivity index (χ4n) is 0.787. The van der Waals surface area contributed by atoms with Crippen molar-refractivity contribution in [2.75, 3.05) is 7.11 Å². The standard InChI is InChI=1S/C7H16O2/c1-6(9-4)5-7(2,3)8/h6,8H,5H2,1-4H3. The Kier molecular flexibility index (Phi) is 3.15. The van der Waals surface area contributed by atoms with Crippen LogP contribution in [0, 0.1) is 0 Å². The summed E-state index contributed by atoms with van der Waals surface area (Å²) in [5, 5.41) is 9.24. The van der Waals surface area contributed by atoms with E-state index in [4.69, 9.17) is 4.74 Å². The molecule has 0 spiro atoms. The minimum Gasteiger partial charge on any atom is -0.390 e. The van der Waals surface area contributed by atoms with Gasteiger partial charge in [0.05, 0.1) is 11.7 Å². The van der Waals surface area contributed by atoms with E-state index in [0.717, 1.165) is 0 Å². The molecule has 0 bridgehead atoms. The number of aliphatic hydroxyl groups is 1. The summed E-state index contributed by atoms with van der Waals surface area (Å²) in [6.45, 7) is 5.50. The molecule has 9 heavy (non-hydrogen) atoms. The molecule has 2 heteroatoms. The van der Waals surface area contributed by atoms with Crippen LogP contribution in [0.2, 0.25) is 0 Å². The summed E-state index contributed by atoms with van der Waals surface area (Å²) in [4.78, 5) is 0. The predicted molar refractivity (Wildman–Crippen MR) is 37.4 cm³/mol. The van der Waals surface area contributed by atoms with Gasteiger partial charge in [0.1, 0.15) is 0 Å². The number of ether oxygens (including phenoxy) is 1. The van der Waals surface area contributed by atoms with Crippen molar-refractivity contribution in [1.29, 1.82) is 0 Å². The highest BCUT2D eigenvalue weighted by Gasteiger charge is 2.15. The van der Waals surface area contributed by atoms with E-state index < -0.39 is 5.60 Å². The zero-order valence-electron chi connectivity index (χ0n) is 6.64. The minimum absolute atomic E-state index is 0.144. The van der Waals surface area contributed by atoms with Crippen molar-refractivity contribution in [2.45, 2.75) is 38.9 Å². The van der Waals surface area contributed by atoms with Crippen molar-refractivity contribution in [1.82, 2.24) is 0 Å². The summed E-state index contributed by atoms with van der Waals surface area (Å²) < 4.78 is 4.97. The van der Waals surface area contributed by atoms with Crippen molar-refractivity contribution in [3.05, 3.63) is 0 Å². The summed E-state index contributed by atoms with van der Waals surface area (Å²) in [6, 6.07) is 0. The predicted octanol–water partition coefficient (Wildman–Crippen LogP) is 1.18. The van der Waals surface area contributed by atoms with E-state index >= 15 is 0 Å². The average Bonchev–Trinajstić information content (AvgIpc) is 1.62. The molecule has 0 rings (SSSR count). The second-order valence-electron chi connectivity index (χ2n) is 3.06. The highest BCUT2D eigenvalue weighted by molar-refractivity contribution is 4.68. The van der Waals surface area contributed by atoms with Gasteiger partial charge in [0.2, 0.25) is 0 Å². The molecule has 0 aromatic heterocycles. The van der Waals surface area contributed by atoms with Crippen LogP contribution in [0.3, 0.4) is 0 Å². The van der Waals surface area contributed by atoms with E-state index in [1.54, 1.807) is 21.0 Å². The SMILES string of the molecule is COC(C)CC(C)(C)O. The largest absolute Gasteiger partial charge is 0.390 e. The van der Waals surface area contributed by atoms with Crippen LogP contribution in [-0.2, 0) is 4.74 Å². The Morgan fingerprint density at radius 2 is 2.00 bits per heavy atom. The number of rotatable bonds is 3. The van der Waals surface area contributed by atoms with Gasteiger partial charge >= 0.3 is 0 Å². The van der Waals surface area contributed by atoms with Gasteiger partial charge in [-0.05, 0) is 20.8 Å². The summed E-state index contributed by atoms with van der Waals surface area (Å²) in [6.07, 6.45) is 0.828. The quantitative estimate of drug-likeness (QED) is 0.625. The van der Waals surface area contributed by atoms with Gasteiger partial charge in [0.25, 0.3) is 0 Å². The maximum atomic E-state index is 9.24. The molecule has 0 aromatic carbocycles. The zero-order chi connectivity index (χ0) is 7.49. The first-order valence-electron chi connectivity index (χ1n) is 3.21. The van der Waals surface area contributed by atoms with Crippen molar-refractivity contribution in [3.63, 3.8) is 0 Å². The van der Waals surface area contributed by atoms with E-state index in [-0.39, 0.29) is 6.10 Å². The lowest BCUT2D eigenvalue weighted by Gasteiger charge is -2.20. The van der Waals surface area contributed by atoms with Crippen LogP contribution in [-0.4, -0.2) is 23.9 Å². The van der Waals surface area contributed by atoms with Gasteiger partial charge in [0, 0.05) is 13.5 Å². The molecule has 0 amide bonds. The van der Waals surface area contributed by atoms with Gasteiger partial charge in [-0.1, -0.05) is 0 Å². The first-order valence-corrected chi connectivity index (χ1v) is 3.21. The van der Waals surface area contributed by atoms with E-state index in [9.17, 15) is 5.11 Å². The van der Waals surface area contributed by atoms with Crippen molar-refractivity contribution in [2.24, 2.45) is 0 Å². The van der Waals surface area contributed by atoms with E-state index in [1.807, 2.05) is 6.92 Å². The van der Waals surface area contributed by atoms with Crippen LogP contribution in [0.25, 0.3) is 0 Å². The third-order valence-corrected chi connectivity index (χ3v) is 1.19. The molecule has 1 N–H and O–H groups in total. The fourth-order valence-corrected chi connectivity index (χ4v) is 0.787. The van der Waals surface area contributed by atoms with Crippen LogP contribution < -0.4 is 0 Å². The van der Waals surface area contributed by atoms with Crippen molar-refractivity contribution in [3.8, 4) is 0 Å². The van der Waals surface area contributed by atoms with Crippen molar-refractivity contribution >= 4 is 0 Å². The molecule has 0 aromatic rings. The first kappa shape index (κ1) is 8.92. The molecule has 0 heterocycles. The molecule has 0 saturated heterocycles. The Morgan fingerprint density at radius 3 is 2.11 bits per heavy atom.